The summed E-state index contributed by atoms with van der Waals surface area (Å²) in [6.07, 6.45) is 6.78. The number of ether oxygens (including phenoxy) is 1. The lowest BCUT2D eigenvalue weighted by Crippen LogP contribution is -2.36. The monoisotopic (exact) mass is 240 g/mol. The van der Waals surface area contributed by atoms with E-state index in [1.165, 1.54) is 12.8 Å². The fourth-order valence-electron chi connectivity index (χ4n) is 2.33. The molecule has 1 unspecified atom stereocenters. The van der Waals surface area contributed by atoms with Crippen molar-refractivity contribution in [3.8, 4) is 0 Å². The van der Waals surface area contributed by atoms with Crippen molar-refractivity contribution in [1.29, 1.82) is 0 Å². The Hall–Kier alpha value is -0.450. The van der Waals surface area contributed by atoms with Gasteiger partial charge in [-0.2, -0.15) is 0 Å². The molecule has 0 amide bonds. The molecule has 1 aromatic heterocycles. The Bertz CT molecular complexity index is 296. The standard InChI is InChI=1S/C12H20N2OS/c1-2-15-11-6-9(7-11)5-10(13)8-12-14-3-4-16-12/h3-4,9-11H,2,5-8,13H2,1H3. The van der Waals surface area contributed by atoms with E-state index in [9.17, 15) is 0 Å². The fourth-order valence-corrected chi connectivity index (χ4v) is 3.04. The molecule has 0 saturated heterocycles. The van der Waals surface area contributed by atoms with E-state index in [1.807, 2.05) is 11.6 Å². The van der Waals surface area contributed by atoms with Crippen LogP contribution in [-0.4, -0.2) is 23.7 Å². The number of hydrogen-bond acceptors (Lipinski definition) is 4. The minimum atomic E-state index is 0.263. The maximum absolute atomic E-state index is 6.12. The van der Waals surface area contributed by atoms with Gasteiger partial charge in [-0.3, -0.25) is 0 Å². The maximum atomic E-state index is 6.12. The summed E-state index contributed by atoms with van der Waals surface area (Å²) in [4.78, 5) is 4.27. The molecule has 2 rings (SSSR count). The highest BCUT2D eigenvalue weighted by Gasteiger charge is 2.30. The lowest BCUT2D eigenvalue weighted by atomic mass is 9.78. The van der Waals surface area contributed by atoms with E-state index in [-0.39, 0.29) is 6.04 Å². The van der Waals surface area contributed by atoms with Crippen LogP contribution in [0, 0.1) is 5.92 Å². The Kier molecular flexibility index (Phi) is 4.32. The molecule has 0 aliphatic heterocycles. The molecule has 1 fully saturated rings. The zero-order valence-electron chi connectivity index (χ0n) is 9.76. The van der Waals surface area contributed by atoms with Crippen LogP contribution in [0.5, 0.6) is 0 Å². The molecule has 0 aromatic carbocycles. The fraction of sp³-hybridized carbons (Fsp3) is 0.750. The van der Waals surface area contributed by atoms with Gasteiger partial charge in [0.2, 0.25) is 0 Å². The van der Waals surface area contributed by atoms with Crippen LogP contribution >= 0.6 is 11.3 Å². The van der Waals surface area contributed by atoms with E-state index in [1.54, 1.807) is 11.3 Å². The number of aromatic nitrogens is 1. The largest absolute Gasteiger partial charge is 0.378 e. The second-order valence-corrected chi connectivity index (χ2v) is 5.52. The number of thiazole rings is 1. The van der Waals surface area contributed by atoms with Crippen molar-refractivity contribution >= 4 is 11.3 Å². The van der Waals surface area contributed by atoms with Crippen LogP contribution in [-0.2, 0) is 11.2 Å². The third kappa shape index (κ3) is 3.27. The second-order valence-electron chi connectivity index (χ2n) is 4.54. The Morgan fingerprint density at radius 1 is 1.62 bits per heavy atom. The molecule has 3 nitrogen and oxygen atoms in total. The van der Waals surface area contributed by atoms with E-state index >= 15 is 0 Å². The lowest BCUT2D eigenvalue weighted by Gasteiger charge is -2.36. The SMILES string of the molecule is CCOC1CC(CC(N)Cc2nccs2)C1. The Balaban J connectivity index is 1.64. The van der Waals surface area contributed by atoms with Crippen molar-refractivity contribution in [3.05, 3.63) is 16.6 Å². The summed E-state index contributed by atoms with van der Waals surface area (Å²) in [5, 5.41) is 3.17. The van der Waals surface area contributed by atoms with Crippen LogP contribution in [0.15, 0.2) is 11.6 Å². The van der Waals surface area contributed by atoms with Crippen molar-refractivity contribution in [1.82, 2.24) is 4.98 Å². The molecule has 4 heteroatoms. The summed E-state index contributed by atoms with van der Waals surface area (Å²) in [7, 11) is 0. The van der Waals surface area contributed by atoms with E-state index in [2.05, 4.69) is 11.9 Å². The molecule has 1 heterocycles. The van der Waals surface area contributed by atoms with Gasteiger partial charge in [-0.15, -0.1) is 11.3 Å². The summed E-state index contributed by atoms with van der Waals surface area (Å²) in [5.41, 5.74) is 6.12. The van der Waals surface area contributed by atoms with E-state index in [4.69, 9.17) is 10.5 Å². The average molecular weight is 240 g/mol. The molecule has 0 bridgehead atoms. The first-order valence-corrected chi connectivity index (χ1v) is 6.91. The smallest absolute Gasteiger partial charge is 0.0940 e. The summed E-state index contributed by atoms with van der Waals surface area (Å²) in [6.45, 7) is 2.89. The molecule has 1 aliphatic carbocycles. The molecule has 1 saturated carbocycles. The number of nitrogens with zero attached hydrogens (tertiary/aromatic N) is 1. The number of nitrogens with two attached hydrogens (primary N) is 1. The number of rotatable bonds is 6. The second kappa shape index (κ2) is 5.75. The highest BCUT2D eigenvalue weighted by molar-refractivity contribution is 7.09. The molecular weight excluding hydrogens is 220 g/mol. The summed E-state index contributed by atoms with van der Waals surface area (Å²) < 4.78 is 5.54. The molecule has 90 valence electrons. The quantitative estimate of drug-likeness (QED) is 0.829. The first-order chi connectivity index (χ1) is 7.78. The molecule has 1 aromatic rings. The summed E-state index contributed by atoms with van der Waals surface area (Å²) in [5.74, 6) is 0.770. The molecule has 1 atom stereocenters. The van der Waals surface area contributed by atoms with Gasteiger partial charge in [0, 0.05) is 30.6 Å². The highest BCUT2D eigenvalue weighted by atomic mass is 32.1. The van der Waals surface area contributed by atoms with Crippen molar-refractivity contribution in [2.24, 2.45) is 11.7 Å². The molecule has 16 heavy (non-hydrogen) atoms. The molecule has 0 spiro atoms. The maximum Gasteiger partial charge on any atom is 0.0940 e. The highest BCUT2D eigenvalue weighted by Crippen LogP contribution is 2.33. The molecule has 2 N–H and O–H groups in total. The van der Waals surface area contributed by atoms with Gasteiger partial charge < -0.3 is 10.5 Å². The predicted octanol–water partition coefficient (Wildman–Crippen LogP) is 2.22. The van der Waals surface area contributed by atoms with Gasteiger partial charge in [0.15, 0.2) is 0 Å². The van der Waals surface area contributed by atoms with Gasteiger partial charge in [-0.25, -0.2) is 4.98 Å². The molecule has 0 radical (unpaired) electrons. The van der Waals surface area contributed by atoms with Crippen LogP contribution in [0.25, 0.3) is 0 Å². The van der Waals surface area contributed by atoms with E-state index in [0.29, 0.717) is 6.10 Å². The van der Waals surface area contributed by atoms with Crippen LogP contribution < -0.4 is 5.73 Å². The van der Waals surface area contributed by atoms with Crippen molar-refractivity contribution < 1.29 is 4.74 Å². The summed E-state index contributed by atoms with van der Waals surface area (Å²) >= 11 is 1.70. The van der Waals surface area contributed by atoms with Gasteiger partial charge in [0.25, 0.3) is 0 Å². The van der Waals surface area contributed by atoms with Crippen molar-refractivity contribution in [2.45, 2.75) is 44.8 Å². The Labute approximate surface area is 101 Å². The third-order valence-corrected chi connectivity index (χ3v) is 3.95. The average Bonchev–Trinajstić information content (AvgIpc) is 2.67. The van der Waals surface area contributed by atoms with Gasteiger partial charge in [-0.1, -0.05) is 0 Å². The van der Waals surface area contributed by atoms with E-state index < -0.39 is 0 Å². The lowest BCUT2D eigenvalue weighted by molar-refractivity contribution is -0.0280. The van der Waals surface area contributed by atoms with Gasteiger partial charge in [-0.05, 0) is 32.1 Å². The van der Waals surface area contributed by atoms with Crippen molar-refractivity contribution in [3.63, 3.8) is 0 Å². The van der Waals surface area contributed by atoms with Crippen LogP contribution in [0.2, 0.25) is 0 Å². The minimum Gasteiger partial charge on any atom is -0.378 e. The normalized spacial score (nSPS) is 26.4. The minimum absolute atomic E-state index is 0.263. The van der Waals surface area contributed by atoms with Crippen LogP contribution in [0.3, 0.4) is 0 Å². The molecular formula is C12H20N2OS. The Morgan fingerprint density at radius 2 is 2.44 bits per heavy atom. The number of hydrogen-bond donors (Lipinski definition) is 1. The zero-order valence-corrected chi connectivity index (χ0v) is 10.6. The topological polar surface area (TPSA) is 48.1 Å². The van der Waals surface area contributed by atoms with Gasteiger partial charge in [0.1, 0.15) is 0 Å². The van der Waals surface area contributed by atoms with E-state index in [0.717, 1.165) is 30.4 Å². The van der Waals surface area contributed by atoms with Crippen LogP contribution in [0.4, 0.5) is 0 Å². The first-order valence-electron chi connectivity index (χ1n) is 6.03. The first kappa shape index (κ1) is 12.0. The zero-order chi connectivity index (χ0) is 11.4. The van der Waals surface area contributed by atoms with Gasteiger partial charge >= 0.3 is 0 Å². The van der Waals surface area contributed by atoms with Gasteiger partial charge in [0.05, 0.1) is 11.1 Å². The third-order valence-electron chi connectivity index (χ3n) is 3.15. The van der Waals surface area contributed by atoms with Crippen molar-refractivity contribution in [2.75, 3.05) is 6.61 Å². The van der Waals surface area contributed by atoms with Crippen LogP contribution in [0.1, 0.15) is 31.2 Å². The Morgan fingerprint density at radius 3 is 3.06 bits per heavy atom. The molecule has 1 aliphatic rings. The summed E-state index contributed by atoms with van der Waals surface area (Å²) in [6, 6.07) is 0.263. The predicted molar refractivity (Wildman–Crippen MR) is 66.5 cm³/mol.